The lowest BCUT2D eigenvalue weighted by molar-refractivity contribution is -0.342. The molecule has 2 saturated heterocycles. The van der Waals surface area contributed by atoms with Crippen molar-refractivity contribution in [3.8, 4) is 34.3 Å². The van der Waals surface area contributed by atoms with Gasteiger partial charge in [0, 0.05) is 17.7 Å². The number of esters is 1. The number of rotatable bonds is 9. The molecule has 0 radical (unpaired) electrons. The molecule has 52 heavy (non-hydrogen) atoms. The van der Waals surface area contributed by atoms with Crippen LogP contribution in [0.15, 0.2) is 69.9 Å². The van der Waals surface area contributed by atoms with Crippen LogP contribution in [0.3, 0.4) is 0 Å². The van der Waals surface area contributed by atoms with E-state index in [9.17, 15) is 55.5 Å². The van der Waals surface area contributed by atoms with Crippen molar-refractivity contribution in [2.75, 3.05) is 20.3 Å². The highest BCUT2D eigenvalue weighted by molar-refractivity contribution is 5.89. The number of aromatic hydroxyl groups is 3. The SMILES string of the molecule is COc1cc2oc(-c3ccc(O)cc3)cc(=O)c2c(O)c1[C@@H]1O[C@H](CO)[C@@H](O)[C@H](O)[C@H]1O[C@@H]1O[C@H](COC(=O)c2ccc(O)cc2)[C@@H](O)[C@H](O)[C@H]1O. The first-order valence-electron chi connectivity index (χ1n) is 15.9. The lowest BCUT2D eigenvalue weighted by atomic mass is 9.89. The Labute approximate surface area is 293 Å². The Kier molecular flexibility index (Phi) is 10.7. The van der Waals surface area contributed by atoms with Crippen LogP contribution in [0.1, 0.15) is 22.0 Å². The van der Waals surface area contributed by atoms with Crippen molar-refractivity contribution in [2.24, 2.45) is 0 Å². The van der Waals surface area contributed by atoms with Crippen LogP contribution < -0.4 is 10.2 Å². The third-order valence-electron chi connectivity index (χ3n) is 8.96. The van der Waals surface area contributed by atoms with Gasteiger partial charge in [0.15, 0.2) is 11.7 Å². The summed E-state index contributed by atoms with van der Waals surface area (Å²) >= 11 is 0. The van der Waals surface area contributed by atoms with E-state index in [1.807, 2.05) is 0 Å². The van der Waals surface area contributed by atoms with Gasteiger partial charge >= 0.3 is 5.97 Å². The second-order valence-electron chi connectivity index (χ2n) is 12.3. The monoisotopic (exact) mass is 728 g/mol. The molecule has 3 aromatic carbocycles. The molecule has 2 aliphatic rings. The van der Waals surface area contributed by atoms with Crippen molar-refractivity contribution in [1.29, 1.82) is 0 Å². The number of carbonyl (C=O) groups is 1. The molecule has 0 unspecified atom stereocenters. The number of ether oxygens (including phenoxy) is 5. The van der Waals surface area contributed by atoms with E-state index in [2.05, 4.69) is 0 Å². The number of benzene rings is 3. The van der Waals surface area contributed by atoms with Crippen LogP contribution in [0.25, 0.3) is 22.3 Å². The fourth-order valence-electron chi connectivity index (χ4n) is 6.14. The fraction of sp³-hybridized carbons (Fsp3) is 0.371. The number of aliphatic hydroxyl groups is 6. The first kappa shape index (κ1) is 37.0. The lowest BCUT2D eigenvalue weighted by Gasteiger charge is -2.46. The number of aliphatic hydroxyl groups excluding tert-OH is 6. The van der Waals surface area contributed by atoms with Gasteiger partial charge in [-0.2, -0.15) is 0 Å². The first-order valence-corrected chi connectivity index (χ1v) is 15.9. The first-order chi connectivity index (χ1) is 24.8. The second-order valence-corrected chi connectivity index (χ2v) is 12.3. The van der Waals surface area contributed by atoms with Gasteiger partial charge < -0.3 is 74.1 Å². The zero-order chi connectivity index (χ0) is 37.4. The minimum absolute atomic E-state index is 0.0185. The largest absolute Gasteiger partial charge is 0.508 e. The maximum atomic E-state index is 13.4. The van der Waals surface area contributed by atoms with Crippen molar-refractivity contribution >= 4 is 16.9 Å². The number of phenols is 3. The van der Waals surface area contributed by atoms with Gasteiger partial charge in [-0.1, -0.05) is 0 Å². The fourth-order valence-corrected chi connectivity index (χ4v) is 6.14. The van der Waals surface area contributed by atoms with Crippen molar-refractivity contribution in [1.82, 2.24) is 0 Å². The van der Waals surface area contributed by atoms with Crippen LogP contribution in [0.5, 0.6) is 23.0 Å². The van der Waals surface area contributed by atoms with E-state index in [1.165, 1.54) is 61.7 Å². The van der Waals surface area contributed by atoms with Gasteiger partial charge in [0.1, 0.15) is 101 Å². The van der Waals surface area contributed by atoms with Crippen molar-refractivity contribution < 1.29 is 78.9 Å². The highest BCUT2D eigenvalue weighted by Gasteiger charge is 2.52. The summed E-state index contributed by atoms with van der Waals surface area (Å²) < 4.78 is 34.1. The predicted octanol–water partition coefficient (Wildman–Crippen LogP) is -0.211. The molecule has 278 valence electrons. The van der Waals surface area contributed by atoms with Gasteiger partial charge in [0.2, 0.25) is 0 Å². The van der Waals surface area contributed by atoms with Gasteiger partial charge in [-0.05, 0) is 48.5 Å². The van der Waals surface area contributed by atoms with Crippen molar-refractivity contribution in [3.63, 3.8) is 0 Å². The van der Waals surface area contributed by atoms with Crippen LogP contribution in [-0.2, 0) is 18.9 Å². The molecule has 0 spiro atoms. The number of phenolic OH excluding ortho intramolecular Hbond substituents is 3. The molecule has 4 aromatic rings. The molecule has 0 saturated carbocycles. The highest BCUT2D eigenvalue weighted by Crippen LogP contribution is 2.46. The van der Waals surface area contributed by atoms with Gasteiger partial charge in [-0.3, -0.25) is 4.79 Å². The summed E-state index contributed by atoms with van der Waals surface area (Å²) in [6, 6.07) is 13.2. The van der Waals surface area contributed by atoms with E-state index in [4.69, 9.17) is 28.1 Å². The molecule has 17 nitrogen and oxygen atoms in total. The predicted molar refractivity (Wildman–Crippen MR) is 174 cm³/mol. The Morgan fingerprint density at radius 1 is 0.788 bits per heavy atom. The number of hydrogen-bond acceptors (Lipinski definition) is 17. The zero-order valence-corrected chi connectivity index (χ0v) is 27.3. The van der Waals surface area contributed by atoms with E-state index in [0.29, 0.717) is 5.56 Å². The van der Waals surface area contributed by atoms with E-state index >= 15 is 0 Å². The van der Waals surface area contributed by atoms with Crippen LogP contribution >= 0.6 is 0 Å². The molecule has 0 aliphatic carbocycles. The quantitative estimate of drug-likeness (QED) is 0.101. The topological polar surface area (TPSA) is 275 Å². The molecule has 2 aliphatic heterocycles. The van der Waals surface area contributed by atoms with Crippen LogP contribution in [0, 0.1) is 0 Å². The van der Waals surface area contributed by atoms with Crippen LogP contribution in [-0.4, -0.2) is 127 Å². The summed E-state index contributed by atoms with van der Waals surface area (Å²) in [5.74, 6) is -1.79. The average molecular weight is 729 g/mol. The lowest BCUT2D eigenvalue weighted by Crippen LogP contribution is -2.63. The van der Waals surface area contributed by atoms with E-state index < -0.39 is 91.6 Å². The Balaban J connectivity index is 1.33. The smallest absolute Gasteiger partial charge is 0.338 e. The molecule has 0 bridgehead atoms. The van der Waals surface area contributed by atoms with Crippen LogP contribution in [0.2, 0.25) is 0 Å². The van der Waals surface area contributed by atoms with Gasteiger partial charge in [0.25, 0.3) is 0 Å². The minimum atomic E-state index is -1.99. The molecule has 0 amide bonds. The normalized spacial score (nSPS) is 29.1. The maximum Gasteiger partial charge on any atom is 0.338 e. The number of fused-ring (bicyclic) bond motifs is 1. The molecule has 1 aromatic heterocycles. The summed E-state index contributed by atoms with van der Waals surface area (Å²) in [6.07, 6.45) is -17.8. The average Bonchev–Trinajstić information content (AvgIpc) is 3.13. The Bertz CT molecular complexity index is 1940. The molecular weight excluding hydrogens is 692 g/mol. The number of hydrogen-bond donors (Lipinski definition) is 9. The number of carbonyl (C=O) groups excluding carboxylic acids is 1. The maximum absolute atomic E-state index is 13.4. The minimum Gasteiger partial charge on any atom is -0.508 e. The Morgan fingerprint density at radius 3 is 2.06 bits per heavy atom. The summed E-state index contributed by atoms with van der Waals surface area (Å²) in [5.41, 5.74) is -0.665. The molecule has 9 N–H and O–H groups in total. The highest BCUT2D eigenvalue weighted by atomic mass is 16.7. The third kappa shape index (κ3) is 7.01. The third-order valence-corrected chi connectivity index (χ3v) is 8.96. The summed E-state index contributed by atoms with van der Waals surface area (Å²) in [7, 11) is 1.22. The molecule has 6 rings (SSSR count). The van der Waals surface area contributed by atoms with E-state index in [0.717, 1.165) is 6.07 Å². The second kappa shape index (κ2) is 15.0. The van der Waals surface area contributed by atoms with Gasteiger partial charge in [0.05, 0.1) is 24.8 Å². The van der Waals surface area contributed by atoms with Gasteiger partial charge in [-0.25, -0.2) is 4.79 Å². The molecule has 2 fully saturated rings. The van der Waals surface area contributed by atoms with Gasteiger partial charge in [-0.15, -0.1) is 0 Å². The Hall–Kier alpha value is -4.82. The van der Waals surface area contributed by atoms with Crippen LogP contribution in [0.4, 0.5) is 0 Å². The van der Waals surface area contributed by atoms with Crippen molar-refractivity contribution in [3.05, 3.63) is 82.0 Å². The molecule has 17 heteroatoms. The molecule has 10 atom stereocenters. The number of methoxy groups -OCH3 is 1. The van der Waals surface area contributed by atoms with Crippen molar-refractivity contribution in [2.45, 2.75) is 61.2 Å². The molecular formula is C35H36O17. The zero-order valence-electron chi connectivity index (χ0n) is 27.3. The van der Waals surface area contributed by atoms with E-state index in [-0.39, 0.29) is 45.1 Å². The summed E-state index contributed by atoms with van der Waals surface area (Å²) in [5, 5.41) is 94.6. The van der Waals surface area contributed by atoms with E-state index in [1.54, 1.807) is 0 Å². The Morgan fingerprint density at radius 2 is 1.42 bits per heavy atom. The summed E-state index contributed by atoms with van der Waals surface area (Å²) in [6.45, 7) is -1.48. The molecule has 3 heterocycles. The standard InChI is InChI=1S/C35H36O17/c1-47-20-11-21-24(18(39)10-19(49-21)14-2-6-16(37)7-3-14)28(42)25(20)32-33(30(44)26(40)22(12-36)50-32)52-35-31(45)29(43)27(41)23(51-35)13-48-34(46)15-4-8-17(38)9-5-15/h2-11,22-23,26-27,29-33,35-38,40-45H,12-13H2,1H3/t22-,23-,26-,27-,29+,30+,31-,32+,33-,35+/m1/s1. The summed E-state index contributed by atoms with van der Waals surface area (Å²) in [4.78, 5) is 26.0.